The van der Waals surface area contributed by atoms with Gasteiger partial charge in [0.25, 0.3) is 0 Å². The van der Waals surface area contributed by atoms with E-state index in [2.05, 4.69) is 30.8 Å². The third-order valence-corrected chi connectivity index (χ3v) is 2.83. The summed E-state index contributed by atoms with van der Waals surface area (Å²) in [6.45, 7) is 10.6. The summed E-state index contributed by atoms with van der Waals surface area (Å²) in [5.74, 6) is 0. The van der Waals surface area contributed by atoms with Crippen molar-refractivity contribution in [2.24, 2.45) is 0 Å². The van der Waals surface area contributed by atoms with Crippen LogP contribution >= 0.6 is 17.0 Å². The Labute approximate surface area is 119 Å². The van der Waals surface area contributed by atoms with Crippen LogP contribution in [0.15, 0.2) is 12.7 Å². The predicted octanol–water partition coefficient (Wildman–Crippen LogP) is 3.63. The van der Waals surface area contributed by atoms with Crippen molar-refractivity contribution in [3.05, 3.63) is 12.7 Å². The molecule has 17 heavy (non-hydrogen) atoms. The summed E-state index contributed by atoms with van der Waals surface area (Å²) < 4.78 is 0. The van der Waals surface area contributed by atoms with Crippen LogP contribution in [0.2, 0.25) is 0 Å². The van der Waals surface area contributed by atoms with Crippen molar-refractivity contribution in [3.63, 3.8) is 0 Å². The first kappa shape index (κ1) is 19.5. The Balaban J connectivity index is 0. The number of unbranched alkanes of at least 4 members (excludes halogenated alkanes) is 2. The minimum Gasteiger partial charge on any atom is -0.313 e. The summed E-state index contributed by atoms with van der Waals surface area (Å²) in [6, 6.07) is 0. The summed E-state index contributed by atoms with van der Waals surface area (Å²) in [6.07, 6.45) is 10.1. The molecule has 3 heteroatoms. The number of hydrogen-bond acceptors (Lipinski definition) is 2. The first-order valence-corrected chi connectivity index (χ1v) is 6.81. The predicted molar refractivity (Wildman–Crippen MR) is 84.3 cm³/mol. The lowest BCUT2D eigenvalue weighted by molar-refractivity contribution is 0.277. The first-order valence-electron chi connectivity index (χ1n) is 6.81. The van der Waals surface area contributed by atoms with Gasteiger partial charge < -0.3 is 10.2 Å². The highest BCUT2D eigenvalue weighted by Gasteiger charge is 2.02. The van der Waals surface area contributed by atoms with E-state index in [0.717, 1.165) is 13.1 Å². The topological polar surface area (TPSA) is 15.3 Å². The van der Waals surface area contributed by atoms with Gasteiger partial charge in [-0.25, -0.2) is 0 Å². The quantitative estimate of drug-likeness (QED) is 0.595. The van der Waals surface area contributed by atoms with Crippen molar-refractivity contribution >= 4 is 17.0 Å². The molecule has 1 aliphatic heterocycles. The molecule has 0 aromatic carbocycles. The molecule has 1 saturated heterocycles. The van der Waals surface area contributed by atoms with Crippen LogP contribution in [0.4, 0.5) is 0 Å². The van der Waals surface area contributed by atoms with Gasteiger partial charge in [-0.15, -0.1) is 23.6 Å². The molecule has 104 valence electrons. The molecule has 1 N–H and O–H groups in total. The Kier molecular flexibility index (Phi) is 18.5. The average molecular weight is 307 g/mol. The molecule has 0 aromatic rings. The van der Waals surface area contributed by atoms with Crippen LogP contribution in [0.25, 0.3) is 0 Å². The summed E-state index contributed by atoms with van der Waals surface area (Å²) in [4.78, 5) is 2.39. The van der Waals surface area contributed by atoms with Crippen molar-refractivity contribution in [2.75, 3.05) is 33.2 Å². The number of hydrogen-bond donors (Lipinski definition) is 1. The van der Waals surface area contributed by atoms with E-state index in [1.54, 1.807) is 0 Å². The van der Waals surface area contributed by atoms with Gasteiger partial charge in [-0.1, -0.05) is 32.3 Å². The van der Waals surface area contributed by atoms with Gasteiger partial charge in [0, 0.05) is 6.54 Å². The van der Waals surface area contributed by atoms with E-state index in [1.165, 1.54) is 51.6 Å². The van der Waals surface area contributed by atoms with Crippen LogP contribution < -0.4 is 5.32 Å². The number of rotatable bonds is 6. The van der Waals surface area contributed by atoms with Crippen LogP contribution in [0.1, 0.15) is 45.4 Å². The van der Waals surface area contributed by atoms with Gasteiger partial charge >= 0.3 is 0 Å². The van der Waals surface area contributed by atoms with Crippen LogP contribution in [-0.2, 0) is 0 Å². The van der Waals surface area contributed by atoms with Gasteiger partial charge in [-0.2, -0.15) is 0 Å². The van der Waals surface area contributed by atoms with E-state index in [-0.39, 0.29) is 17.0 Å². The van der Waals surface area contributed by atoms with Gasteiger partial charge in [0.1, 0.15) is 0 Å². The average Bonchev–Trinajstić information content (AvgIpc) is 2.31. The van der Waals surface area contributed by atoms with Crippen LogP contribution in [0.5, 0.6) is 0 Å². The summed E-state index contributed by atoms with van der Waals surface area (Å²) in [5.41, 5.74) is 0. The third kappa shape index (κ3) is 16.1. The zero-order valence-corrected chi connectivity index (χ0v) is 13.4. The van der Waals surface area contributed by atoms with Gasteiger partial charge in [0.2, 0.25) is 0 Å². The van der Waals surface area contributed by atoms with Crippen molar-refractivity contribution in [3.8, 4) is 0 Å². The van der Waals surface area contributed by atoms with E-state index in [4.69, 9.17) is 0 Å². The maximum absolute atomic E-state index is 3.62. The summed E-state index contributed by atoms with van der Waals surface area (Å²) in [5, 5.41) is 3.25. The zero-order valence-electron chi connectivity index (χ0n) is 11.7. The van der Waals surface area contributed by atoms with Gasteiger partial charge in [0.05, 0.1) is 0 Å². The normalized spacial score (nSPS) is 15.4. The van der Waals surface area contributed by atoms with Gasteiger partial charge in [-0.3, -0.25) is 0 Å². The standard InChI is InChI=1S/C8H17N.C6H13N.BrH/c1-3-5-6-8-9-7-4-2;1-7-5-3-2-4-6-7;/h4,9H,2-3,5-8H2,1H3;2-6H2,1H3;1H. The van der Waals surface area contributed by atoms with E-state index in [9.17, 15) is 0 Å². The minimum atomic E-state index is 0. The summed E-state index contributed by atoms with van der Waals surface area (Å²) in [7, 11) is 2.19. The first-order chi connectivity index (χ1) is 7.81. The number of halogens is 1. The van der Waals surface area contributed by atoms with E-state index >= 15 is 0 Å². The fourth-order valence-corrected chi connectivity index (χ4v) is 1.76. The number of likely N-dealkylation sites (tertiary alicyclic amines) is 1. The van der Waals surface area contributed by atoms with Crippen molar-refractivity contribution in [1.29, 1.82) is 0 Å². The van der Waals surface area contributed by atoms with E-state index in [1.807, 2.05) is 6.08 Å². The maximum atomic E-state index is 3.62. The molecule has 0 spiro atoms. The highest BCUT2D eigenvalue weighted by molar-refractivity contribution is 8.93. The SMILES string of the molecule is Br.C=CCNCCCCC.CN1CCCCC1. The van der Waals surface area contributed by atoms with Crippen LogP contribution in [-0.4, -0.2) is 38.1 Å². The maximum Gasteiger partial charge on any atom is 0.0132 e. The molecule has 1 heterocycles. The second-order valence-electron chi connectivity index (χ2n) is 4.56. The van der Waals surface area contributed by atoms with Crippen LogP contribution in [0.3, 0.4) is 0 Å². The zero-order chi connectivity index (χ0) is 12.1. The Bertz CT molecular complexity index is 145. The Morgan fingerprint density at radius 3 is 2.24 bits per heavy atom. The molecule has 0 bridgehead atoms. The van der Waals surface area contributed by atoms with Gasteiger partial charge in [-0.05, 0) is 45.9 Å². The molecule has 0 radical (unpaired) electrons. The highest BCUT2D eigenvalue weighted by atomic mass is 79.9. The summed E-state index contributed by atoms with van der Waals surface area (Å²) >= 11 is 0. The molecule has 1 aliphatic rings. The second kappa shape index (κ2) is 16.1. The third-order valence-electron chi connectivity index (χ3n) is 2.83. The molecule has 1 fully saturated rings. The van der Waals surface area contributed by atoms with Crippen molar-refractivity contribution < 1.29 is 0 Å². The molecule has 0 amide bonds. The second-order valence-corrected chi connectivity index (χ2v) is 4.56. The largest absolute Gasteiger partial charge is 0.313 e. The van der Waals surface area contributed by atoms with E-state index in [0.29, 0.717) is 0 Å². The highest BCUT2D eigenvalue weighted by Crippen LogP contribution is 2.04. The molecule has 0 saturated carbocycles. The van der Waals surface area contributed by atoms with E-state index < -0.39 is 0 Å². The molecule has 0 atom stereocenters. The van der Waals surface area contributed by atoms with Crippen molar-refractivity contribution in [2.45, 2.75) is 45.4 Å². The van der Waals surface area contributed by atoms with Gasteiger partial charge in [0.15, 0.2) is 0 Å². The Morgan fingerprint density at radius 1 is 1.18 bits per heavy atom. The molecular formula is C14H31BrN2. The fourth-order valence-electron chi connectivity index (χ4n) is 1.76. The number of nitrogens with one attached hydrogen (secondary N) is 1. The monoisotopic (exact) mass is 306 g/mol. The molecule has 1 rings (SSSR count). The minimum absolute atomic E-state index is 0. The molecule has 0 aromatic heterocycles. The van der Waals surface area contributed by atoms with Crippen LogP contribution in [0, 0.1) is 0 Å². The lowest BCUT2D eigenvalue weighted by atomic mass is 10.1. The number of piperidine rings is 1. The Morgan fingerprint density at radius 2 is 1.82 bits per heavy atom. The lowest BCUT2D eigenvalue weighted by Gasteiger charge is -2.20. The van der Waals surface area contributed by atoms with Crippen molar-refractivity contribution in [1.82, 2.24) is 10.2 Å². The number of nitrogens with zero attached hydrogens (tertiary/aromatic N) is 1. The molecular weight excluding hydrogens is 276 g/mol. The lowest BCUT2D eigenvalue weighted by Crippen LogP contribution is -2.24. The fraction of sp³-hybridized carbons (Fsp3) is 0.857. The Hall–Kier alpha value is 0.140. The molecule has 0 aliphatic carbocycles. The molecule has 2 nitrogen and oxygen atoms in total. The molecule has 0 unspecified atom stereocenters. The smallest absolute Gasteiger partial charge is 0.0132 e.